The van der Waals surface area contributed by atoms with E-state index < -0.39 is 0 Å². The lowest BCUT2D eigenvalue weighted by Gasteiger charge is -2.18. The Labute approximate surface area is 171 Å². The molecule has 1 amide bonds. The molecule has 3 rings (SSSR count). The molecule has 0 bridgehead atoms. The Bertz CT molecular complexity index is 903. The van der Waals surface area contributed by atoms with Crippen LogP contribution in [0.25, 0.3) is 0 Å². The van der Waals surface area contributed by atoms with Gasteiger partial charge in [0.2, 0.25) is 5.91 Å². The van der Waals surface area contributed by atoms with Crippen LogP contribution < -0.4 is 4.90 Å². The second-order valence-corrected chi connectivity index (χ2v) is 8.22. The molecular weight excluding hydrogens is 366 g/mol. The molecule has 0 radical (unpaired) electrons. The zero-order valence-corrected chi connectivity index (χ0v) is 17.7. The Hall–Kier alpha value is -2.50. The van der Waals surface area contributed by atoms with E-state index in [1.165, 1.54) is 22.5 Å². The van der Waals surface area contributed by atoms with Crippen molar-refractivity contribution in [3.05, 3.63) is 76.8 Å². The summed E-state index contributed by atoms with van der Waals surface area (Å²) in [5, 5.41) is 2.75. The highest BCUT2D eigenvalue weighted by Gasteiger charge is 2.18. The van der Waals surface area contributed by atoms with Gasteiger partial charge >= 0.3 is 0 Å². The molecular formula is C23H27N3OS. The monoisotopic (exact) mass is 393 g/mol. The third-order valence-electron chi connectivity index (χ3n) is 4.59. The van der Waals surface area contributed by atoms with E-state index in [0.29, 0.717) is 11.0 Å². The zero-order chi connectivity index (χ0) is 20.1. The van der Waals surface area contributed by atoms with Gasteiger partial charge in [0.25, 0.3) is 0 Å². The number of carbonyl (C=O) groups excluding carboxylic acids is 1. The summed E-state index contributed by atoms with van der Waals surface area (Å²) in [6.45, 7) is 7.59. The van der Waals surface area contributed by atoms with Gasteiger partial charge in [-0.15, -0.1) is 11.3 Å². The van der Waals surface area contributed by atoms with Crippen molar-refractivity contribution in [2.75, 3.05) is 11.9 Å². The average molecular weight is 394 g/mol. The lowest BCUT2D eigenvalue weighted by atomic mass is 10.0. The summed E-state index contributed by atoms with van der Waals surface area (Å²) >= 11 is 1.50. The number of thiazole rings is 1. The second kappa shape index (κ2) is 9.13. The molecule has 1 aromatic heterocycles. The first-order chi connectivity index (χ1) is 13.4. The zero-order valence-electron chi connectivity index (χ0n) is 16.9. The number of para-hydroxylation sites is 1. The molecule has 0 spiro atoms. The molecule has 0 N–H and O–H groups in total. The Morgan fingerprint density at radius 3 is 2.32 bits per heavy atom. The van der Waals surface area contributed by atoms with Crippen LogP contribution in [-0.4, -0.2) is 22.8 Å². The Balaban J connectivity index is 1.67. The summed E-state index contributed by atoms with van der Waals surface area (Å²) in [5.74, 6) is 0.514. The van der Waals surface area contributed by atoms with Crippen molar-refractivity contribution in [3.8, 4) is 0 Å². The molecule has 0 fully saturated rings. The van der Waals surface area contributed by atoms with Gasteiger partial charge in [-0.25, -0.2) is 4.98 Å². The maximum absolute atomic E-state index is 12.2. The van der Waals surface area contributed by atoms with Crippen molar-refractivity contribution in [2.24, 2.45) is 0 Å². The van der Waals surface area contributed by atoms with Crippen LogP contribution in [-0.2, 0) is 17.9 Å². The van der Waals surface area contributed by atoms with E-state index in [9.17, 15) is 4.79 Å². The highest BCUT2D eigenvalue weighted by atomic mass is 32.1. The lowest BCUT2D eigenvalue weighted by Crippen LogP contribution is -2.23. The minimum absolute atomic E-state index is 0.0364. The molecule has 146 valence electrons. The topological polar surface area (TPSA) is 36.4 Å². The molecule has 0 aliphatic carbocycles. The maximum atomic E-state index is 12.2. The third-order valence-corrected chi connectivity index (χ3v) is 5.47. The fourth-order valence-corrected chi connectivity index (χ4v) is 4.01. The fourth-order valence-electron chi connectivity index (χ4n) is 3.13. The number of benzene rings is 2. The smallest absolute Gasteiger partial charge is 0.230 e. The lowest BCUT2D eigenvalue weighted by molar-refractivity contribution is -0.115. The minimum Gasteiger partial charge on any atom is -0.296 e. The van der Waals surface area contributed by atoms with Crippen LogP contribution >= 0.6 is 11.3 Å². The van der Waals surface area contributed by atoms with Crippen LogP contribution in [0.5, 0.6) is 0 Å². The summed E-state index contributed by atoms with van der Waals surface area (Å²) in [4.78, 5) is 20.8. The van der Waals surface area contributed by atoms with Crippen LogP contribution in [0.1, 0.15) is 43.5 Å². The first kappa shape index (κ1) is 20.2. The Morgan fingerprint density at radius 2 is 1.71 bits per heavy atom. The quantitative estimate of drug-likeness (QED) is 0.525. The number of nitrogens with zero attached hydrogens (tertiary/aromatic N) is 3. The molecule has 0 aliphatic rings. The highest BCUT2D eigenvalue weighted by molar-refractivity contribution is 7.14. The molecule has 0 unspecified atom stereocenters. The predicted molar refractivity (Wildman–Crippen MR) is 117 cm³/mol. The Kier molecular flexibility index (Phi) is 6.60. The van der Waals surface area contributed by atoms with Gasteiger partial charge in [-0.1, -0.05) is 56.3 Å². The first-order valence-corrected chi connectivity index (χ1v) is 10.4. The molecule has 0 atom stereocenters. The number of hydrogen-bond donors (Lipinski definition) is 0. The number of aromatic nitrogens is 1. The molecule has 4 nitrogen and oxygen atoms in total. The SMILES string of the molecule is CC(=O)N(c1ccccc1)c1nc(CN(C)Cc2ccc(C(C)C)cc2)cs1. The molecule has 0 aliphatic heterocycles. The largest absolute Gasteiger partial charge is 0.296 e. The summed E-state index contributed by atoms with van der Waals surface area (Å²) in [6.07, 6.45) is 0. The maximum Gasteiger partial charge on any atom is 0.230 e. The molecule has 1 heterocycles. The van der Waals surface area contributed by atoms with Crippen LogP contribution in [0.4, 0.5) is 10.8 Å². The van der Waals surface area contributed by atoms with Crippen LogP contribution in [0, 0.1) is 0 Å². The van der Waals surface area contributed by atoms with E-state index in [1.807, 2.05) is 35.7 Å². The number of carbonyl (C=O) groups is 1. The van der Waals surface area contributed by atoms with Crippen molar-refractivity contribution < 1.29 is 4.79 Å². The van der Waals surface area contributed by atoms with E-state index in [-0.39, 0.29) is 5.91 Å². The van der Waals surface area contributed by atoms with Gasteiger partial charge < -0.3 is 0 Å². The summed E-state index contributed by atoms with van der Waals surface area (Å²) in [5.41, 5.74) is 4.47. The molecule has 2 aromatic carbocycles. The van der Waals surface area contributed by atoms with Gasteiger partial charge in [0, 0.05) is 25.4 Å². The fraction of sp³-hybridized carbons (Fsp3) is 0.304. The van der Waals surface area contributed by atoms with Crippen molar-refractivity contribution >= 4 is 28.1 Å². The van der Waals surface area contributed by atoms with Gasteiger partial charge in [0.05, 0.1) is 11.4 Å². The van der Waals surface area contributed by atoms with Crippen LogP contribution in [0.2, 0.25) is 0 Å². The summed E-state index contributed by atoms with van der Waals surface area (Å²) < 4.78 is 0. The van der Waals surface area contributed by atoms with E-state index >= 15 is 0 Å². The molecule has 0 saturated carbocycles. The van der Waals surface area contributed by atoms with Crippen LogP contribution in [0.3, 0.4) is 0 Å². The molecule has 5 heteroatoms. The van der Waals surface area contributed by atoms with Gasteiger partial charge in [-0.2, -0.15) is 0 Å². The normalized spacial score (nSPS) is 11.2. The second-order valence-electron chi connectivity index (χ2n) is 7.38. The minimum atomic E-state index is -0.0364. The molecule has 28 heavy (non-hydrogen) atoms. The molecule has 0 saturated heterocycles. The van der Waals surface area contributed by atoms with Crippen molar-refractivity contribution in [1.82, 2.24) is 9.88 Å². The Morgan fingerprint density at radius 1 is 1.04 bits per heavy atom. The number of amides is 1. The van der Waals surface area contributed by atoms with Gasteiger partial charge in [-0.05, 0) is 36.2 Å². The summed E-state index contributed by atoms with van der Waals surface area (Å²) in [7, 11) is 2.09. The van der Waals surface area contributed by atoms with E-state index in [2.05, 4.69) is 50.1 Å². The average Bonchev–Trinajstić information content (AvgIpc) is 3.10. The van der Waals surface area contributed by atoms with E-state index in [0.717, 1.165) is 24.5 Å². The highest BCUT2D eigenvalue weighted by Crippen LogP contribution is 2.29. The number of hydrogen-bond acceptors (Lipinski definition) is 4. The van der Waals surface area contributed by atoms with E-state index in [1.54, 1.807) is 11.8 Å². The third kappa shape index (κ3) is 5.06. The van der Waals surface area contributed by atoms with Gasteiger partial charge in [0.15, 0.2) is 5.13 Å². The number of anilines is 2. The standard InChI is InChI=1S/C23H27N3OS/c1-17(2)20-12-10-19(11-13-20)14-25(4)15-21-16-28-23(24-21)26(18(3)27)22-8-6-5-7-9-22/h5-13,16-17H,14-15H2,1-4H3. The van der Waals surface area contributed by atoms with Crippen molar-refractivity contribution in [2.45, 2.75) is 39.8 Å². The van der Waals surface area contributed by atoms with Gasteiger partial charge in [-0.3, -0.25) is 14.6 Å². The predicted octanol–water partition coefficient (Wildman–Crippen LogP) is 5.58. The van der Waals surface area contributed by atoms with Crippen molar-refractivity contribution in [1.29, 1.82) is 0 Å². The van der Waals surface area contributed by atoms with Crippen molar-refractivity contribution in [3.63, 3.8) is 0 Å². The van der Waals surface area contributed by atoms with Crippen LogP contribution in [0.15, 0.2) is 60.0 Å². The molecule has 3 aromatic rings. The van der Waals surface area contributed by atoms with Gasteiger partial charge in [0.1, 0.15) is 0 Å². The first-order valence-electron chi connectivity index (χ1n) is 9.51. The summed E-state index contributed by atoms with van der Waals surface area (Å²) in [6, 6.07) is 18.5. The van der Waals surface area contributed by atoms with E-state index in [4.69, 9.17) is 4.98 Å². The number of rotatable bonds is 7.